The maximum atomic E-state index is 5.95. The molecule has 15 heavy (non-hydrogen) atoms. The topological polar surface area (TPSA) is 52.0 Å². The third kappa shape index (κ3) is 2.75. The number of aromatic nitrogens is 1. The molecule has 2 atom stereocenters. The molecule has 2 rings (SSSR count). The fourth-order valence-electron chi connectivity index (χ4n) is 1.92. The summed E-state index contributed by atoms with van der Waals surface area (Å²) in [5, 5.41) is 1.40. The predicted molar refractivity (Wildman–Crippen MR) is 62.1 cm³/mol. The van der Waals surface area contributed by atoms with Crippen molar-refractivity contribution in [2.75, 3.05) is 0 Å². The molecule has 0 aliphatic heterocycles. The van der Waals surface area contributed by atoms with Crippen molar-refractivity contribution in [3.63, 3.8) is 0 Å². The molecule has 0 amide bonds. The molecule has 2 unspecified atom stereocenters. The van der Waals surface area contributed by atoms with Crippen LogP contribution in [0.5, 0.6) is 0 Å². The zero-order valence-electron chi connectivity index (χ0n) is 9.32. The number of oxazole rings is 1. The van der Waals surface area contributed by atoms with Gasteiger partial charge in [0, 0.05) is 11.3 Å². The molecule has 1 fully saturated rings. The lowest BCUT2D eigenvalue weighted by molar-refractivity contribution is 0.420. The van der Waals surface area contributed by atoms with E-state index in [2.05, 4.69) is 4.98 Å². The first-order valence-corrected chi connectivity index (χ1v) is 6.39. The summed E-state index contributed by atoms with van der Waals surface area (Å²) in [6.07, 6.45) is 4.72. The minimum absolute atomic E-state index is 0.369. The minimum Gasteiger partial charge on any atom is -0.437 e. The van der Waals surface area contributed by atoms with Crippen molar-refractivity contribution in [2.24, 2.45) is 5.73 Å². The largest absolute Gasteiger partial charge is 0.437 e. The van der Waals surface area contributed by atoms with Crippen molar-refractivity contribution in [3.05, 3.63) is 11.5 Å². The summed E-state index contributed by atoms with van der Waals surface area (Å²) in [5.74, 6) is 0.928. The SMILES string of the molecule is Cc1nc(SC2CCCC(N)C2)oc1C. The smallest absolute Gasteiger partial charge is 0.256 e. The van der Waals surface area contributed by atoms with E-state index in [1.165, 1.54) is 19.3 Å². The molecule has 0 bridgehead atoms. The van der Waals surface area contributed by atoms with Gasteiger partial charge in [-0.1, -0.05) is 18.2 Å². The summed E-state index contributed by atoms with van der Waals surface area (Å²) < 4.78 is 5.56. The molecule has 1 aromatic heterocycles. The number of nitrogens with zero attached hydrogens (tertiary/aromatic N) is 1. The summed E-state index contributed by atoms with van der Waals surface area (Å²) >= 11 is 1.75. The number of hydrogen-bond acceptors (Lipinski definition) is 4. The average molecular weight is 226 g/mol. The molecular formula is C11H18N2OS. The Morgan fingerprint density at radius 2 is 2.20 bits per heavy atom. The molecule has 1 aliphatic carbocycles. The van der Waals surface area contributed by atoms with Crippen LogP contribution >= 0.6 is 11.8 Å². The van der Waals surface area contributed by atoms with Gasteiger partial charge in [-0.05, 0) is 33.1 Å². The van der Waals surface area contributed by atoms with Crippen molar-refractivity contribution in [3.8, 4) is 0 Å². The van der Waals surface area contributed by atoms with Crippen LogP contribution in [-0.2, 0) is 0 Å². The average Bonchev–Trinajstić information content (AvgIpc) is 2.45. The summed E-state index contributed by atoms with van der Waals surface area (Å²) in [5.41, 5.74) is 6.95. The van der Waals surface area contributed by atoms with Gasteiger partial charge in [0.2, 0.25) is 0 Å². The van der Waals surface area contributed by atoms with Gasteiger partial charge < -0.3 is 10.2 Å². The Morgan fingerprint density at radius 1 is 1.40 bits per heavy atom. The third-order valence-electron chi connectivity index (χ3n) is 2.94. The van der Waals surface area contributed by atoms with Gasteiger partial charge in [0.05, 0.1) is 5.69 Å². The number of thioether (sulfide) groups is 1. The molecule has 1 aliphatic rings. The van der Waals surface area contributed by atoms with Gasteiger partial charge in [0.1, 0.15) is 5.76 Å². The molecule has 0 spiro atoms. The van der Waals surface area contributed by atoms with Crippen LogP contribution in [-0.4, -0.2) is 16.3 Å². The predicted octanol–water partition coefficient (Wildman–Crippen LogP) is 2.65. The second-order valence-corrected chi connectivity index (χ2v) is 5.54. The van der Waals surface area contributed by atoms with E-state index in [0.29, 0.717) is 11.3 Å². The number of rotatable bonds is 2. The second kappa shape index (κ2) is 4.58. The highest BCUT2D eigenvalue weighted by Gasteiger charge is 2.22. The van der Waals surface area contributed by atoms with Crippen LogP contribution in [0.2, 0.25) is 0 Å². The van der Waals surface area contributed by atoms with E-state index in [-0.39, 0.29) is 0 Å². The van der Waals surface area contributed by atoms with Crippen molar-refractivity contribution in [1.82, 2.24) is 4.98 Å². The van der Waals surface area contributed by atoms with E-state index in [1.54, 1.807) is 11.8 Å². The minimum atomic E-state index is 0.369. The Morgan fingerprint density at radius 3 is 2.80 bits per heavy atom. The first-order chi connectivity index (χ1) is 7.15. The van der Waals surface area contributed by atoms with Crippen LogP contribution in [0.25, 0.3) is 0 Å². The van der Waals surface area contributed by atoms with Crippen molar-refractivity contribution >= 4 is 11.8 Å². The van der Waals surface area contributed by atoms with Gasteiger partial charge >= 0.3 is 0 Å². The lowest BCUT2D eigenvalue weighted by Gasteiger charge is -2.24. The monoisotopic (exact) mass is 226 g/mol. The summed E-state index contributed by atoms with van der Waals surface area (Å²) in [7, 11) is 0. The van der Waals surface area contributed by atoms with E-state index < -0.39 is 0 Å². The van der Waals surface area contributed by atoms with Crippen LogP contribution in [0.4, 0.5) is 0 Å². The Balaban J connectivity index is 1.96. The Labute approximate surface area is 94.8 Å². The highest BCUT2D eigenvalue weighted by molar-refractivity contribution is 7.99. The molecule has 2 N–H and O–H groups in total. The van der Waals surface area contributed by atoms with Crippen LogP contribution < -0.4 is 5.73 Å². The third-order valence-corrected chi connectivity index (χ3v) is 4.08. The van der Waals surface area contributed by atoms with Gasteiger partial charge in [-0.3, -0.25) is 0 Å². The van der Waals surface area contributed by atoms with Gasteiger partial charge in [-0.15, -0.1) is 0 Å². The first-order valence-electron chi connectivity index (χ1n) is 5.51. The maximum absolute atomic E-state index is 5.95. The number of nitrogens with two attached hydrogens (primary N) is 1. The van der Waals surface area contributed by atoms with E-state index in [9.17, 15) is 0 Å². The first kappa shape index (κ1) is 11.0. The number of aryl methyl sites for hydroxylation is 2. The molecule has 3 nitrogen and oxygen atoms in total. The van der Waals surface area contributed by atoms with Gasteiger partial charge in [0.15, 0.2) is 0 Å². The highest BCUT2D eigenvalue weighted by Crippen LogP contribution is 2.33. The van der Waals surface area contributed by atoms with Gasteiger partial charge in [0.25, 0.3) is 5.22 Å². The van der Waals surface area contributed by atoms with Crippen LogP contribution in [0.15, 0.2) is 9.64 Å². The standard InChI is InChI=1S/C11H18N2OS/c1-7-8(2)14-11(13-7)15-10-5-3-4-9(12)6-10/h9-10H,3-6,12H2,1-2H3. The Hall–Kier alpha value is -0.480. The zero-order chi connectivity index (χ0) is 10.8. The van der Waals surface area contributed by atoms with Crippen LogP contribution in [0, 0.1) is 13.8 Å². The molecule has 4 heteroatoms. The quantitative estimate of drug-likeness (QED) is 0.842. The summed E-state index contributed by atoms with van der Waals surface area (Å²) in [6.45, 7) is 3.94. The molecule has 0 aromatic carbocycles. The van der Waals surface area contributed by atoms with Gasteiger partial charge in [-0.2, -0.15) is 0 Å². The molecule has 84 valence electrons. The Bertz CT molecular complexity index is 318. The lowest BCUT2D eigenvalue weighted by atomic mass is 9.96. The highest BCUT2D eigenvalue weighted by atomic mass is 32.2. The van der Waals surface area contributed by atoms with E-state index in [4.69, 9.17) is 10.2 Å². The number of hydrogen-bond donors (Lipinski definition) is 1. The van der Waals surface area contributed by atoms with Crippen molar-refractivity contribution < 1.29 is 4.42 Å². The Kier molecular flexibility index (Phi) is 3.36. The maximum Gasteiger partial charge on any atom is 0.256 e. The van der Waals surface area contributed by atoms with Crippen molar-refractivity contribution in [1.29, 1.82) is 0 Å². The summed E-state index contributed by atoms with van der Waals surface area (Å²) in [6, 6.07) is 0.369. The molecule has 1 heterocycles. The molecule has 1 saturated carbocycles. The molecule has 0 saturated heterocycles. The lowest BCUT2D eigenvalue weighted by Crippen LogP contribution is -2.29. The zero-order valence-corrected chi connectivity index (χ0v) is 10.1. The van der Waals surface area contributed by atoms with E-state index >= 15 is 0 Å². The molecule has 0 radical (unpaired) electrons. The van der Waals surface area contributed by atoms with E-state index in [1.807, 2.05) is 13.8 Å². The van der Waals surface area contributed by atoms with Crippen LogP contribution in [0.1, 0.15) is 37.1 Å². The molecular weight excluding hydrogens is 208 g/mol. The van der Waals surface area contributed by atoms with Crippen LogP contribution in [0.3, 0.4) is 0 Å². The normalized spacial score (nSPS) is 26.9. The van der Waals surface area contributed by atoms with E-state index in [0.717, 1.165) is 23.1 Å². The second-order valence-electron chi connectivity index (χ2n) is 4.29. The fourth-order valence-corrected chi connectivity index (χ4v) is 3.20. The summed E-state index contributed by atoms with van der Waals surface area (Å²) in [4.78, 5) is 4.38. The van der Waals surface area contributed by atoms with Gasteiger partial charge in [-0.25, -0.2) is 4.98 Å². The van der Waals surface area contributed by atoms with Crippen molar-refractivity contribution in [2.45, 2.75) is 56.0 Å². The fraction of sp³-hybridized carbons (Fsp3) is 0.727. The molecule has 1 aromatic rings.